The molecule has 1 aromatic heterocycles. The number of ether oxygens (including phenoxy) is 2. The SMILES string of the molecule is C=CCCOc1cc(N(C)C(=O)OC(C)(C)C)cc(F)c1Nc1cccc2cnc(Cl)nc12. The number of nitrogens with one attached hydrogen (secondary N) is 1. The number of nitrogens with zero attached hydrogens (tertiary/aromatic N) is 3. The van der Waals surface area contributed by atoms with Crippen molar-refractivity contribution in [2.24, 2.45) is 0 Å². The van der Waals surface area contributed by atoms with Crippen molar-refractivity contribution in [3.05, 3.63) is 60.3 Å². The largest absolute Gasteiger partial charge is 0.491 e. The van der Waals surface area contributed by atoms with Crippen molar-refractivity contribution in [2.75, 3.05) is 23.9 Å². The summed E-state index contributed by atoms with van der Waals surface area (Å²) in [7, 11) is 1.51. The minimum absolute atomic E-state index is 0.0778. The van der Waals surface area contributed by atoms with Crippen molar-refractivity contribution < 1.29 is 18.7 Å². The summed E-state index contributed by atoms with van der Waals surface area (Å²) in [5, 5.41) is 3.88. The van der Waals surface area contributed by atoms with E-state index < -0.39 is 17.5 Å². The first-order valence-corrected chi connectivity index (χ1v) is 10.7. The average Bonchev–Trinajstić information content (AvgIpc) is 2.74. The van der Waals surface area contributed by atoms with Crippen LogP contribution in [0, 0.1) is 5.82 Å². The number of fused-ring (bicyclic) bond motifs is 1. The van der Waals surface area contributed by atoms with Crippen molar-refractivity contribution in [2.45, 2.75) is 32.8 Å². The molecule has 33 heavy (non-hydrogen) atoms. The van der Waals surface area contributed by atoms with Gasteiger partial charge in [-0.05, 0) is 44.9 Å². The topological polar surface area (TPSA) is 76.6 Å². The Morgan fingerprint density at radius 1 is 1.33 bits per heavy atom. The molecule has 0 radical (unpaired) electrons. The van der Waals surface area contributed by atoms with Crippen LogP contribution < -0.4 is 15.0 Å². The third kappa shape index (κ3) is 6.10. The van der Waals surface area contributed by atoms with Gasteiger partial charge in [0, 0.05) is 30.8 Å². The summed E-state index contributed by atoms with van der Waals surface area (Å²) in [6.45, 7) is 9.24. The zero-order valence-electron chi connectivity index (χ0n) is 19.0. The molecule has 7 nitrogen and oxygen atoms in total. The van der Waals surface area contributed by atoms with Crippen molar-refractivity contribution in [3.8, 4) is 5.75 Å². The number of aromatic nitrogens is 2. The lowest BCUT2D eigenvalue weighted by atomic mass is 10.2. The third-order valence-electron chi connectivity index (χ3n) is 4.51. The fourth-order valence-electron chi connectivity index (χ4n) is 2.95. The molecule has 0 saturated carbocycles. The van der Waals surface area contributed by atoms with Crippen molar-refractivity contribution in [1.82, 2.24) is 9.97 Å². The van der Waals surface area contributed by atoms with Gasteiger partial charge in [0.2, 0.25) is 5.28 Å². The van der Waals surface area contributed by atoms with Gasteiger partial charge >= 0.3 is 6.09 Å². The van der Waals surface area contributed by atoms with Gasteiger partial charge in [-0.1, -0.05) is 18.2 Å². The van der Waals surface area contributed by atoms with E-state index in [0.717, 1.165) is 5.39 Å². The number of carbonyl (C=O) groups is 1. The second-order valence-corrected chi connectivity index (χ2v) is 8.61. The number of para-hydroxylation sites is 1. The van der Waals surface area contributed by atoms with Crippen LogP contribution in [0.5, 0.6) is 5.75 Å². The second-order valence-electron chi connectivity index (χ2n) is 8.27. The first-order chi connectivity index (χ1) is 15.6. The summed E-state index contributed by atoms with van der Waals surface area (Å²) in [4.78, 5) is 21.9. The Bertz CT molecular complexity index is 1180. The van der Waals surface area contributed by atoms with Gasteiger partial charge in [-0.15, -0.1) is 6.58 Å². The molecule has 2 aromatic carbocycles. The number of anilines is 3. The number of rotatable bonds is 7. The smallest absolute Gasteiger partial charge is 0.414 e. The molecular formula is C24H26ClFN4O3. The van der Waals surface area contributed by atoms with Crippen LogP contribution in [0.3, 0.4) is 0 Å². The van der Waals surface area contributed by atoms with Gasteiger partial charge in [0.15, 0.2) is 5.82 Å². The maximum Gasteiger partial charge on any atom is 0.414 e. The standard InChI is InChI=1S/C24H26ClFN4O3/c1-6-7-11-32-19-13-16(30(5)23(31)33-24(2,3)4)12-17(26)21(19)28-18-10-8-9-15-14-27-22(25)29-20(15)18/h6,8-10,12-14,28H,1,7,11H2,2-5H3. The molecule has 0 atom stereocenters. The van der Waals surface area contributed by atoms with E-state index in [1.54, 1.807) is 51.2 Å². The molecule has 0 fully saturated rings. The van der Waals surface area contributed by atoms with Gasteiger partial charge < -0.3 is 14.8 Å². The molecule has 1 N–H and O–H groups in total. The van der Waals surface area contributed by atoms with Gasteiger partial charge in [0.1, 0.15) is 17.0 Å². The molecule has 0 aliphatic heterocycles. The number of benzene rings is 2. The van der Waals surface area contributed by atoms with Gasteiger partial charge in [0.25, 0.3) is 0 Å². The molecule has 0 aliphatic carbocycles. The van der Waals surface area contributed by atoms with E-state index >= 15 is 4.39 Å². The fourth-order valence-corrected chi connectivity index (χ4v) is 3.09. The quantitative estimate of drug-likeness (QED) is 0.240. The molecule has 1 heterocycles. The molecule has 0 unspecified atom stereocenters. The van der Waals surface area contributed by atoms with E-state index in [1.807, 2.05) is 6.07 Å². The highest BCUT2D eigenvalue weighted by atomic mass is 35.5. The molecule has 0 aliphatic rings. The zero-order valence-corrected chi connectivity index (χ0v) is 19.7. The highest BCUT2D eigenvalue weighted by molar-refractivity contribution is 6.28. The fraction of sp³-hybridized carbons (Fsp3) is 0.292. The number of carbonyl (C=O) groups excluding carboxylic acids is 1. The van der Waals surface area contributed by atoms with Crippen LogP contribution in [0.4, 0.5) is 26.2 Å². The maximum atomic E-state index is 15.3. The Morgan fingerprint density at radius 2 is 2.09 bits per heavy atom. The molecule has 0 bridgehead atoms. The Morgan fingerprint density at radius 3 is 2.79 bits per heavy atom. The second kappa shape index (κ2) is 10.0. The van der Waals surface area contributed by atoms with E-state index in [0.29, 0.717) is 17.6 Å². The third-order valence-corrected chi connectivity index (χ3v) is 4.70. The van der Waals surface area contributed by atoms with Gasteiger partial charge in [-0.3, -0.25) is 4.90 Å². The number of halogens is 2. The predicted molar refractivity (Wildman–Crippen MR) is 129 cm³/mol. The summed E-state index contributed by atoms with van der Waals surface area (Å²) in [5.41, 5.74) is 0.750. The Labute approximate surface area is 197 Å². The lowest BCUT2D eigenvalue weighted by Crippen LogP contribution is -2.34. The monoisotopic (exact) mass is 472 g/mol. The Balaban J connectivity index is 2.01. The Kier molecular flexibility index (Phi) is 7.38. The molecule has 3 rings (SSSR count). The highest BCUT2D eigenvalue weighted by Crippen LogP contribution is 2.37. The molecule has 9 heteroatoms. The van der Waals surface area contributed by atoms with Crippen LogP contribution in [-0.2, 0) is 4.74 Å². The normalized spacial score (nSPS) is 11.2. The van der Waals surface area contributed by atoms with E-state index in [1.165, 1.54) is 18.0 Å². The number of amides is 1. The lowest BCUT2D eigenvalue weighted by Gasteiger charge is -2.25. The van der Waals surface area contributed by atoms with Crippen molar-refractivity contribution in [1.29, 1.82) is 0 Å². The highest BCUT2D eigenvalue weighted by Gasteiger charge is 2.23. The van der Waals surface area contributed by atoms with Crippen LogP contribution in [0.15, 0.2) is 49.2 Å². The van der Waals surface area contributed by atoms with Gasteiger partial charge in [0.05, 0.1) is 23.5 Å². The summed E-state index contributed by atoms with van der Waals surface area (Å²) in [5.74, 6) is -0.395. The van der Waals surface area contributed by atoms with Crippen LogP contribution >= 0.6 is 11.6 Å². The molecule has 1 amide bonds. The van der Waals surface area contributed by atoms with E-state index in [4.69, 9.17) is 21.1 Å². The maximum absolute atomic E-state index is 15.3. The molecular weight excluding hydrogens is 447 g/mol. The van der Waals surface area contributed by atoms with Crippen LogP contribution in [-0.4, -0.2) is 35.3 Å². The molecule has 0 spiro atoms. The average molecular weight is 473 g/mol. The molecule has 0 saturated heterocycles. The van der Waals surface area contributed by atoms with Crippen molar-refractivity contribution in [3.63, 3.8) is 0 Å². The molecule has 3 aromatic rings. The lowest BCUT2D eigenvalue weighted by molar-refractivity contribution is 0.0589. The predicted octanol–water partition coefficient (Wildman–Crippen LogP) is 6.49. The minimum Gasteiger partial charge on any atom is -0.491 e. The van der Waals surface area contributed by atoms with Gasteiger partial charge in [-0.25, -0.2) is 19.2 Å². The zero-order chi connectivity index (χ0) is 24.2. The summed E-state index contributed by atoms with van der Waals surface area (Å²) in [6.07, 6.45) is 3.24. The van der Waals surface area contributed by atoms with Crippen LogP contribution in [0.2, 0.25) is 5.28 Å². The number of hydrogen-bond acceptors (Lipinski definition) is 6. The van der Waals surface area contributed by atoms with E-state index in [2.05, 4.69) is 21.9 Å². The van der Waals surface area contributed by atoms with Crippen LogP contribution in [0.25, 0.3) is 10.9 Å². The van der Waals surface area contributed by atoms with E-state index in [-0.39, 0.29) is 29.0 Å². The summed E-state index contributed by atoms with van der Waals surface area (Å²) in [6, 6.07) is 8.18. The minimum atomic E-state index is -0.688. The Hall–Kier alpha value is -3.39. The summed E-state index contributed by atoms with van der Waals surface area (Å²) >= 11 is 5.96. The van der Waals surface area contributed by atoms with E-state index in [9.17, 15) is 4.79 Å². The number of hydrogen-bond donors (Lipinski definition) is 1. The van der Waals surface area contributed by atoms with Crippen LogP contribution in [0.1, 0.15) is 27.2 Å². The molecule has 174 valence electrons. The van der Waals surface area contributed by atoms with Gasteiger partial charge in [-0.2, -0.15) is 0 Å². The first kappa shape index (κ1) is 24.3. The first-order valence-electron chi connectivity index (χ1n) is 10.3. The van der Waals surface area contributed by atoms with Crippen molar-refractivity contribution >= 4 is 45.7 Å². The summed E-state index contributed by atoms with van der Waals surface area (Å²) < 4.78 is 26.6.